The fourth-order valence-corrected chi connectivity index (χ4v) is 6.29. The van der Waals surface area contributed by atoms with Gasteiger partial charge in [-0.25, -0.2) is 9.36 Å². The largest absolute Gasteiger partial charge is 0.456 e. The third-order valence-electron chi connectivity index (χ3n) is 8.42. The Morgan fingerprint density at radius 2 is 0.957 bits per heavy atom. The highest BCUT2D eigenvalue weighted by atomic mass is 16.6. The number of esters is 4. The minimum absolute atomic E-state index is 0.217. The van der Waals surface area contributed by atoms with Gasteiger partial charge in [0, 0.05) is 27.7 Å². The molecule has 2 aliphatic rings. The Morgan fingerprint density at radius 3 is 1.26 bits per heavy atom. The fraction of sp³-hybridized carbons (Fsp3) is 0.733. The molecule has 4 atom stereocenters. The molecule has 2 heterocycles. The molecule has 254 valence electrons. The molecule has 0 unspecified atom stereocenters. The number of hydrogen-bond donors (Lipinski definition) is 2. The summed E-state index contributed by atoms with van der Waals surface area (Å²) in [6.07, 6.45) is 4.90. The first-order valence-corrected chi connectivity index (χ1v) is 15.7. The molecule has 46 heavy (non-hydrogen) atoms. The predicted molar refractivity (Wildman–Crippen MR) is 156 cm³/mol. The van der Waals surface area contributed by atoms with E-state index in [0.29, 0.717) is 37.1 Å². The lowest BCUT2D eigenvalue weighted by Gasteiger charge is -2.35. The number of aliphatic hydroxyl groups is 2. The van der Waals surface area contributed by atoms with Gasteiger partial charge in [-0.2, -0.15) is 0 Å². The van der Waals surface area contributed by atoms with Gasteiger partial charge in [0.1, 0.15) is 22.6 Å². The first-order valence-electron chi connectivity index (χ1n) is 15.7. The van der Waals surface area contributed by atoms with Gasteiger partial charge in [-0.15, -0.1) is 10.2 Å². The van der Waals surface area contributed by atoms with Crippen molar-refractivity contribution < 1.29 is 48.3 Å². The molecule has 16 heteroatoms. The predicted octanol–water partition coefficient (Wildman–Crippen LogP) is 1.60. The topological polar surface area (TPSA) is 207 Å². The Morgan fingerprint density at radius 1 is 0.630 bits per heavy atom. The summed E-state index contributed by atoms with van der Waals surface area (Å²) in [5.74, 6) is -3.06. The summed E-state index contributed by atoms with van der Waals surface area (Å²) >= 11 is 0. The van der Waals surface area contributed by atoms with Crippen LogP contribution in [0.2, 0.25) is 0 Å². The number of carbonyl (C=O) groups is 4. The lowest BCUT2D eigenvalue weighted by atomic mass is 9.83. The van der Waals surface area contributed by atoms with E-state index in [4.69, 9.17) is 18.9 Å². The molecule has 0 aliphatic heterocycles. The second-order valence-electron chi connectivity index (χ2n) is 12.3. The first-order chi connectivity index (χ1) is 21.8. The van der Waals surface area contributed by atoms with Crippen molar-refractivity contribution in [2.75, 3.05) is 0 Å². The van der Waals surface area contributed by atoms with E-state index in [1.165, 1.54) is 21.8 Å². The summed E-state index contributed by atoms with van der Waals surface area (Å²) in [6, 6.07) is 0. The van der Waals surface area contributed by atoms with Crippen molar-refractivity contribution in [3.8, 4) is 0 Å². The zero-order valence-electron chi connectivity index (χ0n) is 26.8. The van der Waals surface area contributed by atoms with E-state index in [0.717, 1.165) is 66.2 Å². The standard InChI is InChI=1S/C30H44N6O10/c1-19(37)43-23(15-35-17-25(31-33-35)29(41)11-7-5-8-12-29)27(45-21(3)39)28(46-22(4)40)24(44-20(2)38)16-36-18-26(32-34-36)30(42)13-9-6-10-14-30/h17-18,23-24,27-28,41-42H,5-16H2,1-4H3/t23-,24-,27-,28-/m1/s1. The van der Waals surface area contributed by atoms with Gasteiger partial charge in [0.15, 0.2) is 24.4 Å². The van der Waals surface area contributed by atoms with Crippen molar-refractivity contribution in [3.05, 3.63) is 23.8 Å². The van der Waals surface area contributed by atoms with Crippen LogP contribution >= 0.6 is 0 Å². The van der Waals surface area contributed by atoms with Crippen molar-refractivity contribution in [2.45, 2.75) is 141 Å². The molecule has 4 rings (SSSR count). The summed E-state index contributed by atoms with van der Waals surface area (Å²) in [4.78, 5) is 49.5. The van der Waals surface area contributed by atoms with Gasteiger partial charge in [-0.05, 0) is 25.7 Å². The maximum Gasteiger partial charge on any atom is 0.303 e. The van der Waals surface area contributed by atoms with Crippen molar-refractivity contribution in [1.29, 1.82) is 0 Å². The molecular formula is C30H44N6O10. The summed E-state index contributed by atoms with van der Waals surface area (Å²) < 4.78 is 25.1. The molecule has 2 N–H and O–H groups in total. The zero-order valence-corrected chi connectivity index (χ0v) is 26.8. The third-order valence-corrected chi connectivity index (χ3v) is 8.42. The van der Waals surface area contributed by atoms with E-state index in [-0.39, 0.29) is 13.1 Å². The number of ether oxygens (including phenoxy) is 4. The third kappa shape index (κ3) is 9.09. The van der Waals surface area contributed by atoms with Crippen LogP contribution in [0.1, 0.15) is 103 Å². The van der Waals surface area contributed by atoms with Crippen LogP contribution in [0, 0.1) is 0 Å². The summed E-state index contributed by atoms with van der Waals surface area (Å²) in [6.45, 7) is 4.14. The molecule has 0 radical (unpaired) electrons. The van der Waals surface area contributed by atoms with Gasteiger partial charge >= 0.3 is 23.9 Å². The highest BCUT2D eigenvalue weighted by molar-refractivity contribution is 5.69. The number of nitrogens with zero attached hydrogens (tertiary/aromatic N) is 6. The van der Waals surface area contributed by atoms with E-state index < -0.39 is 59.5 Å². The minimum atomic E-state index is -1.49. The van der Waals surface area contributed by atoms with Gasteiger partial charge in [0.2, 0.25) is 0 Å². The molecule has 2 fully saturated rings. The second kappa shape index (κ2) is 15.1. The number of carbonyl (C=O) groups excluding carboxylic acids is 4. The first kappa shape index (κ1) is 34.9. The van der Waals surface area contributed by atoms with Gasteiger partial charge < -0.3 is 29.2 Å². The van der Waals surface area contributed by atoms with E-state index in [2.05, 4.69) is 20.6 Å². The van der Waals surface area contributed by atoms with Crippen molar-refractivity contribution in [3.63, 3.8) is 0 Å². The SMILES string of the molecule is CC(=O)O[C@@H]([C@H](OC(C)=O)[C@@H](Cn1cc(C2(O)CCCCC2)nn1)OC(C)=O)[C@@H](Cn1cc(C2(O)CCCCC2)nn1)OC(C)=O. The Kier molecular flexibility index (Phi) is 11.5. The molecule has 2 aromatic rings. The Hall–Kier alpha value is -3.92. The number of aromatic nitrogens is 6. The Bertz CT molecular complexity index is 1260. The van der Waals surface area contributed by atoms with Gasteiger partial charge in [-0.3, -0.25) is 19.2 Å². The lowest BCUT2D eigenvalue weighted by Crippen LogP contribution is -2.53. The molecule has 2 aromatic heterocycles. The average molecular weight is 649 g/mol. The monoisotopic (exact) mass is 648 g/mol. The van der Waals surface area contributed by atoms with E-state index in [1.807, 2.05) is 0 Å². The lowest BCUT2D eigenvalue weighted by molar-refractivity contribution is -0.200. The van der Waals surface area contributed by atoms with Crippen LogP contribution in [0.15, 0.2) is 12.4 Å². The van der Waals surface area contributed by atoms with Crippen molar-refractivity contribution >= 4 is 23.9 Å². The van der Waals surface area contributed by atoms with Gasteiger partial charge in [-0.1, -0.05) is 49.0 Å². The molecule has 0 aromatic carbocycles. The summed E-state index contributed by atoms with van der Waals surface area (Å²) in [5, 5.41) is 38.8. The van der Waals surface area contributed by atoms with Crippen LogP contribution in [-0.4, -0.2) is 88.5 Å². The highest BCUT2D eigenvalue weighted by Crippen LogP contribution is 2.37. The number of hydrogen-bond acceptors (Lipinski definition) is 14. The van der Waals surface area contributed by atoms with E-state index in [1.54, 1.807) is 0 Å². The van der Waals surface area contributed by atoms with Crippen LogP contribution < -0.4 is 0 Å². The molecule has 0 saturated heterocycles. The molecular weight excluding hydrogens is 604 g/mol. The van der Waals surface area contributed by atoms with E-state index >= 15 is 0 Å². The molecule has 2 aliphatic carbocycles. The minimum Gasteiger partial charge on any atom is -0.456 e. The van der Waals surface area contributed by atoms with Crippen LogP contribution in [-0.2, 0) is 62.4 Å². The van der Waals surface area contributed by atoms with Crippen molar-refractivity contribution in [1.82, 2.24) is 30.0 Å². The molecule has 0 amide bonds. The molecule has 2 saturated carbocycles. The van der Waals surface area contributed by atoms with Crippen LogP contribution in [0.4, 0.5) is 0 Å². The van der Waals surface area contributed by atoms with Crippen LogP contribution in [0.3, 0.4) is 0 Å². The second-order valence-corrected chi connectivity index (χ2v) is 12.3. The summed E-state index contributed by atoms with van der Waals surface area (Å²) in [5.41, 5.74) is -1.59. The smallest absolute Gasteiger partial charge is 0.303 e. The Labute approximate surface area is 266 Å². The fourth-order valence-electron chi connectivity index (χ4n) is 6.29. The van der Waals surface area contributed by atoms with Gasteiger partial charge in [0.05, 0.1) is 25.5 Å². The normalized spacial score (nSPS) is 20.0. The van der Waals surface area contributed by atoms with Crippen LogP contribution in [0.5, 0.6) is 0 Å². The van der Waals surface area contributed by atoms with E-state index in [9.17, 15) is 29.4 Å². The summed E-state index contributed by atoms with van der Waals surface area (Å²) in [7, 11) is 0. The Balaban J connectivity index is 1.67. The maximum atomic E-state index is 12.4. The zero-order chi connectivity index (χ0) is 33.5. The quantitative estimate of drug-likeness (QED) is 0.234. The molecule has 16 nitrogen and oxygen atoms in total. The van der Waals surface area contributed by atoms with Crippen molar-refractivity contribution in [2.24, 2.45) is 0 Å². The average Bonchev–Trinajstić information content (AvgIpc) is 3.65. The number of rotatable bonds is 13. The maximum absolute atomic E-state index is 12.4. The molecule has 0 spiro atoms. The van der Waals surface area contributed by atoms with Crippen LogP contribution in [0.25, 0.3) is 0 Å². The molecule has 0 bridgehead atoms. The van der Waals surface area contributed by atoms with Gasteiger partial charge in [0.25, 0.3) is 0 Å². The highest BCUT2D eigenvalue weighted by Gasteiger charge is 2.45.